The van der Waals surface area contributed by atoms with Gasteiger partial charge in [-0.15, -0.1) is 0 Å². The van der Waals surface area contributed by atoms with E-state index in [1.165, 1.54) is 0 Å². The molecule has 1 saturated heterocycles. The van der Waals surface area contributed by atoms with E-state index in [2.05, 4.69) is 10.2 Å². The van der Waals surface area contributed by atoms with Crippen molar-refractivity contribution in [2.45, 2.75) is 39.3 Å². The fraction of sp³-hybridized carbons (Fsp3) is 0.600. The molecule has 7 heteroatoms. The van der Waals surface area contributed by atoms with Crippen LogP contribution >= 0.6 is 11.6 Å². The first kappa shape index (κ1) is 21.7. The van der Waals surface area contributed by atoms with Crippen LogP contribution in [0.5, 0.6) is 0 Å². The summed E-state index contributed by atoms with van der Waals surface area (Å²) in [5.41, 5.74) is 0.955. The molecule has 0 aromatic heterocycles. The second-order valence-corrected chi connectivity index (χ2v) is 7.26. The van der Waals surface area contributed by atoms with Crippen LogP contribution in [0.3, 0.4) is 0 Å². The molecule has 1 atom stereocenters. The van der Waals surface area contributed by atoms with E-state index < -0.39 is 6.04 Å². The number of ether oxygens (including phenoxy) is 1. The first-order valence-corrected chi connectivity index (χ1v) is 10.0. The van der Waals surface area contributed by atoms with Gasteiger partial charge in [-0.2, -0.15) is 0 Å². The summed E-state index contributed by atoms with van der Waals surface area (Å²) >= 11 is 5.94. The highest BCUT2D eigenvalue weighted by Crippen LogP contribution is 2.15. The van der Waals surface area contributed by atoms with Crippen molar-refractivity contribution in [2.75, 3.05) is 39.4 Å². The molecule has 2 rings (SSSR count). The zero-order valence-electron chi connectivity index (χ0n) is 16.2. The Bertz CT molecular complexity index is 603. The number of benzene rings is 1. The summed E-state index contributed by atoms with van der Waals surface area (Å²) in [6, 6.07) is 6.85. The third kappa shape index (κ3) is 7.13. The maximum absolute atomic E-state index is 12.6. The molecule has 0 bridgehead atoms. The van der Waals surface area contributed by atoms with Crippen LogP contribution in [0.1, 0.15) is 32.3 Å². The summed E-state index contributed by atoms with van der Waals surface area (Å²) in [5, 5.41) is 3.62. The molecule has 0 aliphatic carbocycles. The van der Waals surface area contributed by atoms with Gasteiger partial charge in [0.15, 0.2) is 0 Å². The van der Waals surface area contributed by atoms with Crippen molar-refractivity contribution in [1.82, 2.24) is 15.1 Å². The van der Waals surface area contributed by atoms with E-state index in [-0.39, 0.29) is 11.8 Å². The normalized spacial score (nSPS) is 16.0. The molecular weight excluding hydrogens is 366 g/mol. The molecule has 0 radical (unpaired) electrons. The Labute approximate surface area is 166 Å². The lowest BCUT2D eigenvalue weighted by atomic mass is 10.1. The Hall–Kier alpha value is -1.63. The standard InChI is InChI=1S/C20H30ClN3O3/c1-3-4-19(25)24(15-17-5-7-18(21)8-6-17)16(2)20(26)22-9-10-23-11-13-27-14-12-23/h5-8,16H,3-4,9-15H2,1-2H3,(H,22,26). The van der Waals surface area contributed by atoms with Crippen molar-refractivity contribution >= 4 is 23.4 Å². The maximum Gasteiger partial charge on any atom is 0.242 e. The van der Waals surface area contributed by atoms with Crippen LogP contribution in [0.2, 0.25) is 5.02 Å². The molecular formula is C20H30ClN3O3. The van der Waals surface area contributed by atoms with Gasteiger partial charge in [0, 0.05) is 44.2 Å². The molecule has 6 nitrogen and oxygen atoms in total. The molecule has 1 aliphatic heterocycles. The molecule has 1 aromatic carbocycles. The van der Waals surface area contributed by atoms with Gasteiger partial charge < -0.3 is 15.0 Å². The van der Waals surface area contributed by atoms with E-state index >= 15 is 0 Å². The van der Waals surface area contributed by atoms with E-state index in [4.69, 9.17) is 16.3 Å². The first-order chi connectivity index (χ1) is 13.0. The van der Waals surface area contributed by atoms with Crippen molar-refractivity contribution in [3.05, 3.63) is 34.9 Å². The van der Waals surface area contributed by atoms with Crippen molar-refractivity contribution in [3.63, 3.8) is 0 Å². The van der Waals surface area contributed by atoms with E-state index in [9.17, 15) is 9.59 Å². The van der Waals surface area contributed by atoms with Crippen molar-refractivity contribution in [1.29, 1.82) is 0 Å². The number of nitrogens with one attached hydrogen (secondary N) is 1. The third-order valence-corrected chi connectivity index (χ3v) is 4.98. The molecule has 1 aliphatic rings. The summed E-state index contributed by atoms with van der Waals surface area (Å²) in [7, 11) is 0. The SMILES string of the molecule is CCCC(=O)N(Cc1ccc(Cl)cc1)C(C)C(=O)NCCN1CCOCC1. The van der Waals surface area contributed by atoms with Gasteiger partial charge >= 0.3 is 0 Å². The molecule has 1 heterocycles. The number of amides is 2. The molecule has 1 aromatic rings. The van der Waals surface area contributed by atoms with Crippen molar-refractivity contribution < 1.29 is 14.3 Å². The van der Waals surface area contributed by atoms with Crippen molar-refractivity contribution in [3.8, 4) is 0 Å². The number of hydrogen-bond donors (Lipinski definition) is 1. The van der Waals surface area contributed by atoms with Gasteiger partial charge in [0.05, 0.1) is 13.2 Å². The number of hydrogen-bond acceptors (Lipinski definition) is 4. The average Bonchev–Trinajstić information content (AvgIpc) is 2.68. The lowest BCUT2D eigenvalue weighted by molar-refractivity contribution is -0.140. The highest BCUT2D eigenvalue weighted by molar-refractivity contribution is 6.30. The minimum atomic E-state index is -0.524. The summed E-state index contributed by atoms with van der Waals surface area (Å²) in [4.78, 5) is 29.1. The zero-order chi connectivity index (χ0) is 19.6. The second kappa shape index (κ2) is 11.3. The number of carbonyl (C=O) groups excluding carboxylic acids is 2. The Morgan fingerprint density at radius 3 is 2.56 bits per heavy atom. The zero-order valence-corrected chi connectivity index (χ0v) is 17.0. The number of halogens is 1. The van der Waals surface area contributed by atoms with Crippen LogP contribution in [0, 0.1) is 0 Å². The fourth-order valence-electron chi connectivity index (χ4n) is 3.04. The topological polar surface area (TPSA) is 61.9 Å². The fourth-order valence-corrected chi connectivity index (χ4v) is 3.16. The van der Waals surface area contributed by atoms with Gasteiger partial charge in [-0.05, 0) is 31.0 Å². The second-order valence-electron chi connectivity index (χ2n) is 6.82. The molecule has 1 fully saturated rings. The summed E-state index contributed by atoms with van der Waals surface area (Å²) in [6.45, 7) is 8.77. The Morgan fingerprint density at radius 1 is 1.26 bits per heavy atom. The van der Waals surface area contributed by atoms with E-state index in [0.29, 0.717) is 24.5 Å². The first-order valence-electron chi connectivity index (χ1n) is 9.63. The van der Waals surface area contributed by atoms with E-state index in [0.717, 1.165) is 44.8 Å². The lowest BCUT2D eigenvalue weighted by Gasteiger charge is -2.30. The van der Waals surface area contributed by atoms with Gasteiger partial charge in [0.2, 0.25) is 11.8 Å². The Balaban J connectivity index is 1.92. The highest BCUT2D eigenvalue weighted by atomic mass is 35.5. The molecule has 0 saturated carbocycles. The van der Waals surface area contributed by atoms with E-state index in [1.54, 1.807) is 24.0 Å². The Kier molecular flexibility index (Phi) is 9.04. The minimum Gasteiger partial charge on any atom is -0.379 e. The molecule has 0 spiro atoms. The molecule has 2 amide bonds. The predicted molar refractivity (Wildman–Crippen MR) is 107 cm³/mol. The largest absolute Gasteiger partial charge is 0.379 e. The molecule has 150 valence electrons. The third-order valence-electron chi connectivity index (χ3n) is 4.73. The summed E-state index contributed by atoms with van der Waals surface area (Å²) < 4.78 is 5.33. The predicted octanol–water partition coefficient (Wildman–Crippen LogP) is 2.31. The summed E-state index contributed by atoms with van der Waals surface area (Å²) in [6.07, 6.45) is 1.18. The van der Waals surface area contributed by atoms with Gasteiger partial charge in [-0.3, -0.25) is 14.5 Å². The van der Waals surface area contributed by atoms with Crippen LogP contribution in [-0.4, -0.2) is 67.0 Å². The van der Waals surface area contributed by atoms with Crippen LogP contribution in [0.25, 0.3) is 0 Å². The molecule has 27 heavy (non-hydrogen) atoms. The summed E-state index contributed by atoms with van der Waals surface area (Å²) in [5.74, 6) is -0.134. The van der Waals surface area contributed by atoms with Gasteiger partial charge in [0.1, 0.15) is 6.04 Å². The Morgan fingerprint density at radius 2 is 1.93 bits per heavy atom. The molecule has 1 unspecified atom stereocenters. The monoisotopic (exact) mass is 395 g/mol. The lowest BCUT2D eigenvalue weighted by Crippen LogP contribution is -2.49. The maximum atomic E-state index is 12.6. The van der Waals surface area contributed by atoms with Crippen LogP contribution in [0.15, 0.2) is 24.3 Å². The van der Waals surface area contributed by atoms with Gasteiger partial charge in [-0.25, -0.2) is 0 Å². The molecule has 1 N–H and O–H groups in total. The number of carbonyl (C=O) groups is 2. The highest BCUT2D eigenvalue weighted by Gasteiger charge is 2.25. The van der Waals surface area contributed by atoms with Crippen molar-refractivity contribution in [2.24, 2.45) is 0 Å². The van der Waals surface area contributed by atoms with Crippen LogP contribution < -0.4 is 5.32 Å². The number of nitrogens with zero attached hydrogens (tertiary/aromatic N) is 2. The minimum absolute atomic E-state index is 0.0109. The smallest absolute Gasteiger partial charge is 0.242 e. The quantitative estimate of drug-likeness (QED) is 0.697. The van der Waals surface area contributed by atoms with Crippen LogP contribution in [-0.2, 0) is 20.9 Å². The van der Waals surface area contributed by atoms with Crippen LogP contribution in [0.4, 0.5) is 0 Å². The van der Waals surface area contributed by atoms with Gasteiger partial charge in [0.25, 0.3) is 0 Å². The number of morpholine rings is 1. The van der Waals surface area contributed by atoms with E-state index in [1.807, 2.05) is 19.1 Å². The average molecular weight is 396 g/mol. The van der Waals surface area contributed by atoms with Gasteiger partial charge in [-0.1, -0.05) is 30.7 Å². The number of rotatable bonds is 9.